The first-order valence-electron chi connectivity index (χ1n) is 6.54. The molecule has 1 heterocycles. The molecule has 20 heavy (non-hydrogen) atoms. The quantitative estimate of drug-likeness (QED) is 0.850. The molecule has 2 rings (SSSR count). The van der Waals surface area contributed by atoms with Crippen LogP contribution in [0.4, 0.5) is 4.39 Å². The average Bonchev–Trinajstić information content (AvgIpc) is 2.79. The van der Waals surface area contributed by atoms with E-state index >= 15 is 0 Å². The maximum atomic E-state index is 13.1. The summed E-state index contributed by atoms with van der Waals surface area (Å²) in [4.78, 5) is 1.96. The highest BCUT2D eigenvalue weighted by Gasteiger charge is 2.24. The second-order valence-corrected chi connectivity index (χ2v) is 5.69. The molecular formula is C15H20FNO3. The Morgan fingerprint density at radius 1 is 1.25 bits per heavy atom. The van der Waals surface area contributed by atoms with E-state index in [1.807, 2.05) is 24.9 Å². The number of furan rings is 1. The van der Waals surface area contributed by atoms with E-state index in [9.17, 15) is 14.6 Å². The molecule has 0 aliphatic carbocycles. The van der Waals surface area contributed by atoms with Crippen LogP contribution in [0.25, 0.3) is 11.0 Å². The standard InChI is InChI=1S/C15H20FNO3/c1-15(9-18,10-19)8-17(2)7-13-6-11-5-12(16)3-4-14(11)20-13/h3-6,18-19H,7-10H2,1-2H3. The van der Waals surface area contributed by atoms with Gasteiger partial charge in [-0.3, -0.25) is 4.90 Å². The molecule has 0 atom stereocenters. The number of aliphatic hydroxyl groups is 2. The fourth-order valence-electron chi connectivity index (χ4n) is 2.27. The number of benzene rings is 1. The molecule has 0 fully saturated rings. The molecule has 4 nitrogen and oxygen atoms in total. The molecule has 0 bridgehead atoms. The van der Waals surface area contributed by atoms with Gasteiger partial charge in [0.25, 0.3) is 0 Å². The lowest BCUT2D eigenvalue weighted by Gasteiger charge is -2.29. The molecule has 0 aliphatic rings. The van der Waals surface area contributed by atoms with E-state index < -0.39 is 5.41 Å². The van der Waals surface area contributed by atoms with Gasteiger partial charge in [-0.15, -0.1) is 0 Å². The Morgan fingerprint density at radius 2 is 1.95 bits per heavy atom. The fraction of sp³-hybridized carbons (Fsp3) is 0.467. The lowest BCUT2D eigenvalue weighted by molar-refractivity contribution is 0.0388. The van der Waals surface area contributed by atoms with Crippen molar-refractivity contribution in [2.45, 2.75) is 13.5 Å². The largest absolute Gasteiger partial charge is 0.460 e. The molecule has 0 amide bonds. The van der Waals surface area contributed by atoms with Crippen LogP contribution in [0.5, 0.6) is 0 Å². The van der Waals surface area contributed by atoms with E-state index in [-0.39, 0.29) is 19.0 Å². The number of hydrogen-bond donors (Lipinski definition) is 2. The van der Waals surface area contributed by atoms with E-state index in [0.29, 0.717) is 18.7 Å². The van der Waals surface area contributed by atoms with Crippen molar-refractivity contribution in [1.82, 2.24) is 4.90 Å². The number of nitrogens with zero attached hydrogens (tertiary/aromatic N) is 1. The van der Waals surface area contributed by atoms with Crippen LogP contribution in [0.3, 0.4) is 0 Å². The van der Waals surface area contributed by atoms with Crippen LogP contribution >= 0.6 is 0 Å². The second kappa shape index (κ2) is 5.91. The molecule has 2 N–H and O–H groups in total. The minimum absolute atomic E-state index is 0.0841. The van der Waals surface area contributed by atoms with Crippen LogP contribution in [0.15, 0.2) is 28.7 Å². The summed E-state index contributed by atoms with van der Waals surface area (Å²) < 4.78 is 18.8. The normalized spacial score (nSPS) is 12.5. The van der Waals surface area contributed by atoms with Crippen molar-refractivity contribution in [2.24, 2.45) is 5.41 Å². The molecule has 2 aromatic rings. The van der Waals surface area contributed by atoms with E-state index in [1.165, 1.54) is 12.1 Å². The molecule has 5 heteroatoms. The number of rotatable bonds is 6. The first-order valence-corrected chi connectivity index (χ1v) is 6.54. The molecule has 0 saturated heterocycles. The summed E-state index contributed by atoms with van der Waals surface area (Å²) in [5.41, 5.74) is 0.106. The molecule has 1 aromatic carbocycles. The third kappa shape index (κ3) is 3.36. The van der Waals surface area contributed by atoms with Crippen LogP contribution < -0.4 is 0 Å². The van der Waals surface area contributed by atoms with Crippen molar-refractivity contribution < 1.29 is 19.0 Å². The maximum absolute atomic E-state index is 13.1. The fourth-order valence-corrected chi connectivity index (χ4v) is 2.27. The number of halogens is 1. The zero-order valence-electron chi connectivity index (χ0n) is 11.8. The molecule has 110 valence electrons. The van der Waals surface area contributed by atoms with Gasteiger partial charge in [0.1, 0.15) is 17.2 Å². The van der Waals surface area contributed by atoms with Crippen molar-refractivity contribution in [3.05, 3.63) is 35.8 Å². The van der Waals surface area contributed by atoms with Gasteiger partial charge in [0.05, 0.1) is 19.8 Å². The van der Waals surface area contributed by atoms with E-state index in [1.54, 1.807) is 6.07 Å². The zero-order valence-corrected chi connectivity index (χ0v) is 11.8. The van der Waals surface area contributed by atoms with E-state index in [0.717, 1.165) is 11.1 Å². The van der Waals surface area contributed by atoms with Gasteiger partial charge in [-0.2, -0.15) is 0 Å². The van der Waals surface area contributed by atoms with Crippen molar-refractivity contribution >= 4 is 11.0 Å². The molecule has 1 aromatic heterocycles. The predicted octanol–water partition coefficient (Wildman–Crippen LogP) is 1.99. The highest BCUT2D eigenvalue weighted by Crippen LogP contribution is 2.22. The van der Waals surface area contributed by atoms with Gasteiger partial charge < -0.3 is 14.6 Å². The van der Waals surface area contributed by atoms with Crippen LogP contribution in [-0.4, -0.2) is 41.9 Å². The minimum Gasteiger partial charge on any atom is -0.460 e. The summed E-state index contributed by atoms with van der Waals surface area (Å²) in [7, 11) is 1.89. The summed E-state index contributed by atoms with van der Waals surface area (Å²) in [6.07, 6.45) is 0. The molecule has 0 aliphatic heterocycles. The SMILES string of the molecule is CN(Cc1cc2cc(F)ccc2o1)CC(C)(CO)CO. The number of aliphatic hydroxyl groups excluding tert-OH is 2. The van der Waals surface area contributed by atoms with Gasteiger partial charge in [0, 0.05) is 17.3 Å². The van der Waals surface area contributed by atoms with Gasteiger partial charge in [0.15, 0.2) is 0 Å². The van der Waals surface area contributed by atoms with Crippen LogP contribution in [0.2, 0.25) is 0 Å². The molecular weight excluding hydrogens is 261 g/mol. The van der Waals surface area contributed by atoms with Gasteiger partial charge in [0.2, 0.25) is 0 Å². The first-order chi connectivity index (χ1) is 9.45. The lowest BCUT2D eigenvalue weighted by Crippen LogP contribution is -2.38. The number of fused-ring (bicyclic) bond motifs is 1. The van der Waals surface area contributed by atoms with Crippen molar-refractivity contribution in [3.63, 3.8) is 0 Å². The highest BCUT2D eigenvalue weighted by molar-refractivity contribution is 5.77. The minimum atomic E-state index is -0.549. The van der Waals surface area contributed by atoms with Crippen molar-refractivity contribution in [1.29, 1.82) is 0 Å². The summed E-state index contributed by atoms with van der Waals surface area (Å²) in [6.45, 7) is 2.72. The molecule has 0 saturated carbocycles. The molecule has 0 unspecified atom stereocenters. The van der Waals surface area contributed by atoms with E-state index in [4.69, 9.17) is 4.42 Å². The third-order valence-electron chi connectivity index (χ3n) is 3.37. The Balaban J connectivity index is 2.08. The molecule has 0 radical (unpaired) electrons. The Morgan fingerprint density at radius 3 is 2.60 bits per heavy atom. The Labute approximate surface area is 117 Å². The Kier molecular flexibility index (Phi) is 4.42. The number of hydrogen-bond acceptors (Lipinski definition) is 4. The zero-order chi connectivity index (χ0) is 14.8. The highest BCUT2D eigenvalue weighted by atomic mass is 19.1. The summed E-state index contributed by atoms with van der Waals surface area (Å²) in [5.74, 6) is 0.442. The van der Waals surface area contributed by atoms with Crippen molar-refractivity contribution in [2.75, 3.05) is 26.8 Å². The van der Waals surface area contributed by atoms with Gasteiger partial charge in [-0.25, -0.2) is 4.39 Å². The topological polar surface area (TPSA) is 56.8 Å². The van der Waals surface area contributed by atoms with Gasteiger partial charge in [-0.1, -0.05) is 6.92 Å². The van der Waals surface area contributed by atoms with Crippen LogP contribution in [0, 0.1) is 11.2 Å². The third-order valence-corrected chi connectivity index (χ3v) is 3.37. The second-order valence-electron chi connectivity index (χ2n) is 5.69. The summed E-state index contributed by atoms with van der Waals surface area (Å²) >= 11 is 0. The van der Waals surface area contributed by atoms with Crippen LogP contribution in [0.1, 0.15) is 12.7 Å². The molecule has 0 spiro atoms. The summed E-state index contributed by atoms with van der Waals surface area (Å²) in [6, 6.07) is 6.23. The van der Waals surface area contributed by atoms with Gasteiger partial charge in [-0.05, 0) is 31.3 Å². The first kappa shape index (κ1) is 15.0. The average molecular weight is 281 g/mol. The van der Waals surface area contributed by atoms with Gasteiger partial charge >= 0.3 is 0 Å². The smallest absolute Gasteiger partial charge is 0.134 e. The summed E-state index contributed by atoms with van der Waals surface area (Å²) in [5, 5.41) is 19.3. The lowest BCUT2D eigenvalue weighted by atomic mass is 9.92. The van der Waals surface area contributed by atoms with E-state index in [2.05, 4.69) is 0 Å². The predicted molar refractivity (Wildman–Crippen MR) is 74.8 cm³/mol. The maximum Gasteiger partial charge on any atom is 0.134 e. The van der Waals surface area contributed by atoms with Crippen molar-refractivity contribution in [3.8, 4) is 0 Å². The monoisotopic (exact) mass is 281 g/mol. The Bertz CT molecular complexity index is 578. The Hall–Kier alpha value is -1.43. The van der Waals surface area contributed by atoms with Crippen LogP contribution in [-0.2, 0) is 6.54 Å².